The molecule has 1 rings (SSSR count). The first-order valence-electron chi connectivity index (χ1n) is 8.04. The zero-order valence-electron chi connectivity index (χ0n) is 15.3. The summed E-state index contributed by atoms with van der Waals surface area (Å²) in [7, 11) is -4.61. The second kappa shape index (κ2) is 8.26. The molecule has 1 aromatic heterocycles. The monoisotopic (exact) mass is 392 g/mol. The van der Waals surface area contributed by atoms with Crippen molar-refractivity contribution in [3.05, 3.63) is 26.5 Å². The van der Waals surface area contributed by atoms with Crippen LogP contribution in [0.15, 0.2) is 10.9 Å². The molecule has 1 heterocycles. The third-order valence-electron chi connectivity index (χ3n) is 3.97. The predicted octanol–water partition coefficient (Wildman–Crippen LogP) is 1.68. The Morgan fingerprint density at radius 3 is 2.31 bits per heavy atom. The van der Waals surface area contributed by atoms with Crippen LogP contribution in [-0.2, 0) is 9.30 Å². The minimum atomic E-state index is -4.61. The number of rotatable bonds is 9. The highest BCUT2D eigenvalue weighted by Crippen LogP contribution is 2.59. The van der Waals surface area contributed by atoms with Gasteiger partial charge in [-0.1, -0.05) is 32.7 Å². The van der Waals surface area contributed by atoms with E-state index in [4.69, 9.17) is 4.74 Å². The number of nitrogens with zero attached hydrogens (tertiary/aromatic N) is 2. The molecule has 0 radical (unpaired) electrons. The van der Waals surface area contributed by atoms with Gasteiger partial charge in [-0.05, 0) is 23.7 Å². The predicted molar refractivity (Wildman–Crippen MR) is 95.0 cm³/mol. The number of nitrogens with one attached hydrogen (secondary N) is 2. The molecule has 0 fully saturated rings. The Bertz CT molecular complexity index is 735. The summed E-state index contributed by atoms with van der Waals surface area (Å²) in [4.78, 5) is 46.7. The molecular weight excluding hydrogens is 367 g/mol. The number of hydrogen-bond acceptors (Lipinski definition) is 7. The summed E-state index contributed by atoms with van der Waals surface area (Å²) in [6.07, 6.45) is -0.674. The lowest BCUT2D eigenvalue weighted by Crippen LogP contribution is -2.46. The number of ether oxygens (including phenoxy) is 1. The van der Waals surface area contributed by atoms with Gasteiger partial charge in [0.05, 0.1) is 12.2 Å². The maximum atomic E-state index is 12.1. The van der Waals surface area contributed by atoms with E-state index in [1.165, 1.54) is 0 Å². The van der Waals surface area contributed by atoms with Crippen molar-refractivity contribution in [2.24, 2.45) is 11.8 Å². The van der Waals surface area contributed by atoms with Crippen molar-refractivity contribution < 1.29 is 24.0 Å². The second-order valence-corrected chi connectivity index (χ2v) is 8.41. The summed E-state index contributed by atoms with van der Waals surface area (Å²) < 4.78 is 17.9. The maximum Gasteiger partial charge on any atom is 0.437 e. The molecule has 0 bridgehead atoms. The first-order valence-corrected chi connectivity index (χ1v) is 9.65. The average molecular weight is 392 g/mol. The van der Waals surface area contributed by atoms with E-state index in [0.29, 0.717) is 0 Å². The van der Waals surface area contributed by atoms with Crippen molar-refractivity contribution in [3.63, 3.8) is 0 Å². The zero-order valence-corrected chi connectivity index (χ0v) is 16.2. The van der Waals surface area contributed by atoms with E-state index in [9.17, 15) is 29.3 Å². The lowest BCUT2D eigenvalue weighted by molar-refractivity contribution is -0.394. The number of anilines is 1. The van der Waals surface area contributed by atoms with Gasteiger partial charge in [0.15, 0.2) is 5.34 Å². The maximum absolute atomic E-state index is 12.1. The summed E-state index contributed by atoms with van der Waals surface area (Å²) in [5, 5.41) is 11.8. The van der Waals surface area contributed by atoms with Crippen LogP contribution in [-0.4, -0.2) is 42.7 Å². The topological polar surface area (TPSA) is 168 Å². The Hall–Kier alpha value is -1.81. The number of aromatic nitrogens is 2. The van der Waals surface area contributed by atoms with Crippen molar-refractivity contribution in [1.82, 2.24) is 9.97 Å². The van der Waals surface area contributed by atoms with Crippen molar-refractivity contribution >= 4 is 19.4 Å². The summed E-state index contributed by atoms with van der Waals surface area (Å²) >= 11 is 0. The van der Waals surface area contributed by atoms with Crippen LogP contribution in [0.5, 0.6) is 0 Å². The normalized spacial score (nSPS) is 13.9. The average Bonchev–Trinajstić information content (AvgIpc) is 2.47. The van der Waals surface area contributed by atoms with E-state index in [-0.39, 0.29) is 12.4 Å². The molecule has 148 valence electrons. The largest absolute Gasteiger partial charge is 0.437 e. The van der Waals surface area contributed by atoms with Crippen LogP contribution in [0.1, 0.15) is 34.6 Å². The van der Waals surface area contributed by atoms with Crippen molar-refractivity contribution in [2.45, 2.75) is 46.1 Å². The van der Waals surface area contributed by atoms with Crippen molar-refractivity contribution in [1.29, 1.82) is 0 Å². The summed E-state index contributed by atoms with van der Waals surface area (Å²) in [5.74, 6) is -1.68. The van der Waals surface area contributed by atoms with Gasteiger partial charge in [0.25, 0.3) is 0 Å². The zero-order chi connectivity index (χ0) is 20.3. The van der Waals surface area contributed by atoms with Gasteiger partial charge in [0, 0.05) is 6.54 Å². The molecule has 0 aliphatic rings. The molecule has 4 N–H and O–H groups in total. The van der Waals surface area contributed by atoms with Crippen LogP contribution in [0, 0.1) is 22.0 Å². The van der Waals surface area contributed by atoms with E-state index < -0.39 is 47.3 Å². The van der Waals surface area contributed by atoms with E-state index in [2.05, 4.69) is 10.3 Å². The molecule has 0 saturated heterocycles. The van der Waals surface area contributed by atoms with Crippen molar-refractivity contribution in [3.8, 4) is 0 Å². The first kappa shape index (κ1) is 22.2. The van der Waals surface area contributed by atoms with Gasteiger partial charge in [0.2, 0.25) is 5.82 Å². The van der Waals surface area contributed by atoms with E-state index in [0.717, 1.165) is 6.07 Å². The molecule has 1 unspecified atom stereocenters. The fourth-order valence-corrected chi connectivity index (χ4v) is 4.58. The number of nitro groups is 1. The standard InChI is InChI=1S/C14H25N4O7P/c1-8(2)14(9(3)4,26(22,23)24)25-10(5)7-15-11-6-12(19)17-13(16-11)18(20)21/h6,8-10H,7H2,1-5H3,(H2,22,23,24)(H2,15,16,17,19). The number of H-pyrrole nitrogens is 1. The van der Waals surface area contributed by atoms with Crippen LogP contribution in [0.4, 0.5) is 11.8 Å². The van der Waals surface area contributed by atoms with Crippen LogP contribution in [0.2, 0.25) is 0 Å². The minimum Gasteiger partial charge on any atom is -0.390 e. The molecule has 0 saturated carbocycles. The molecule has 12 heteroatoms. The van der Waals surface area contributed by atoms with Crippen LogP contribution in [0.3, 0.4) is 0 Å². The lowest BCUT2D eigenvalue weighted by Gasteiger charge is -2.42. The van der Waals surface area contributed by atoms with Gasteiger partial charge in [0.1, 0.15) is 0 Å². The highest BCUT2D eigenvalue weighted by molar-refractivity contribution is 7.53. The SMILES string of the molecule is CC(CNc1cc(=O)[nH]c([N+](=O)[O-])n1)OC(C(C)C)(C(C)C)P(=O)(O)O. The molecule has 26 heavy (non-hydrogen) atoms. The third-order valence-corrected chi connectivity index (χ3v) is 6.02. The molecule has 0 aliphatic carbocycles. The summed E-state index contributed by atoms with van der Waals surface area (Å²) in [6.45, 7) is 8.31. The van der Waals surface area contributed by atoms with Crippen LogP contribution < -0.4 is 10.9 Å². The Morgan fingerprint density at radius 1 is 1.35 bits per heavy atom. The highest BCUT2D eigenvalue weighted by Gasteiger charge is 2.54. The quantitative estimate of drug-likeness (QED) is 0.277. The first-order chi connectivity index (χ1) is 11.8. The number of aromatic amines is 1. The molecule has 11 nitrogen and oxygen atoms in total. The molecule has 0 aliphatic heterocycles. The van der Waals surface area contributed by atoms with Gasteiger partial charge in [-0.15, -0.1) is 0 Å². The Labute approximate surface area is 150 Å². The Kier molecular flexibility index (Phi) is 7.06. The molecule has 1 atom stereocenters. The third kappa shape index (κ3) is 4.88. The highest BCUT2D eigenvalue weighted by atomic mass is 31.2. The Balaban J connectivity index is 2.97. The van der Waals surface area contributed by atoms with Gasteiger partial charge in [-0.25, -0.2) is 4.98 Å². The summed E-state index contributed by atoms with van der Waals surface area (Å²) in [6, 6.07) is 1.04. The Morgan fingerprint density at radius 2 is 1.88 bits per heavy atom. The number of hydrogen-bond donors (Lipinski definition) is 4. The molecule has 1 aromatic rings. The second-order valence-electron chi connectivity index (χ2n) is 6.63. The van der Waals surface area contributed by atoms with E-state index in [1.54, 1.807) is 34.6 Å². The van der Waals surface area contributed by atoms with Crippen molar-refractivity contribution in [2.75, 3.05) is 11.9 Å². The minimum absolute atomic E-state index is 0.0354. The molecule has 0 amide bonds. The molecule has 0 aromatic carbocycles. The van der Waals surface area contributed by atoms with E-state index in [1.807, 2.05) is 4.98 Å². The van der Waals surface area contributed by atoms with Crippen LogP contribution >= 0.6 is 7.60 Å². The van der Waals surface area contributed by atoms with Crippen LogP contribution in [0.25, 0.3) is 0 Å². The van der Waals surface area contributed by atoms with Gasteiger partial charge in [-0.2, -0.15) is 0 Å². The lowest BCUT2D eigenvalue weighted by atomic mass is 9.95. The molecule has 0 spiro atoms. The fourth-order valence-electron chi connectivity index (χ4n) is 2.91. The fraction of sp³-hybridized carbons (Fsp3) is 0.714. The van der Waals surface area contributed by atoms with E-state index >= 15 is 0 Å². The summed E-state index contributed by atoms with van der Waals surface area (Å²) in [5.41, 5.74) is -0.698. The molecular formula is C14H25N4O7P. The smallest absolute Gasteiger partial charge is 0.390 e. The van der Waals surface area contributed by atoms with Gasteiger partial charge in [-0.3, -0.25) is 9.36 Å². The van der Waals surface area contributed by atoms with Gasteiger partial charge >= 0.3 is 19.1 Å². The van der Waals surface area contributed by atoms with Gasteiger partial charge < -0.3 is 30.0 Å².